The lowest BCUT2D eigenvalue weighted by Gasteiger charge is -2.17. The van der Waals surface area contributed by atoms with Gasteiger partial charge in [-0.3, -0.25) is 0 Å². The summed E-state index contributed by atoms with van der Waals surface area (Å²) in [5, 5.41) is 18.0. The number of rotatable bonds is 4. The molecule has 0 bridgehead atoms. The van der Waals surface area contributed by atoms with E-state index < -0.39 is 0 Å². The minimum Gasteiger partial charge on any atom is -0.396 e. The molecule has 10 heavy (non-hydrogen) atoms. The lowest BCUT2D eigenvalue weighted by molar-refractivity contribution is 0.0850. The van der Waals surface area contributed by atoms with Crippen LogP contribution in [0.3, 0.4) is 0 Å². The van der Waals surface area contributed by atoms with Crippen LogP contribution in [0, 0.1) is 11.8 Å². The molecular weight excluding hydrogens is 128 g/mol. The maximum atomic E-state index is 9.32. The minimum atomic E-state index is -0.262. The van der Waals surface area contributed by atoms with E-state index in [2.05, 4.69) is 0 Å². The summed E-state index contributed by atoms with van der Waals surface area (Å²) in [4.78, 5) is 0. The molecule has 0 aromatic rings. The number of aliphatic hydroxyl groups is 2. The largest absolute Gasteiger partial charge is 0.396 e. The monoisotopic (exact) mass is 146 g/mol. The lowest BCUT2D eigenvalue weighted by atomic mass is 9.97. The quantitative estimate of drug-likeness (QED) is 0.621. The fourth-order valence-electron chi connectivity index (χ4n) is 0.759. The van der Waals surface area contributed by atoms with Crippen molar-refractivity contribution in [3.63, 3.8) is 0 Å². The zero-order valence-electron chi connectivity index (χ0n) is 7.04. The van der Waals surface area contributed by atoms with Crippen LogP contribution in [0.4, 0.5) is 0 Å². The second kappa shape index (κ2) is 4.69. The van der Waals surface area contributed by atoms with Crippen molar-refractivity contribution < 1.29 is 10.2 Å². The molecule has 2 N–H and O–H groups in total. The van der Waals surface area contributed by atoms with E-state index >= 15 is 0 Å². The Morgan fingerprint density at radius 2 is 1.70 bits per heavy atom. The molecule has 0 aromatic carbocycles. The van der Waals surface area contributed by atoms with Crippen LogP contribution in [0.5, 0.6) is 0 Å². The van der Waals surface area contributed by atoms with Crippen molar-refractivity contribution in [1.82, 2.24) is 0 Å². The van der Waals surface area contributed by atoms with Crippen LogP contribution in [0.2, 0.25) is 0 Å². The Labute approximate surface area is 62.9 Å². The highest BCUT2D eigenvalue weighted by Gasteiger charge is 2.12. The van der Waals surface area contributed by atoms with Gasteiger partial charge in [0, 0.05) is 6.61 Å². The van der Waals surface area contributed by atoms with Gasteiger partial charge in [-0.25, -0.2) is 0 Å². The summed E-state index contributed by atoms with van der Waals surface area (Å²) in [6, 6.07) is 0. The molecular formula is C8H18O2. The van der Waals surface area contributed by atoms with Gasteiger partial charge < -0.3 is 10.2 Å². The number of hydrogen-bond donors (Lipinski definition) is 2. The van der Waals surface area contributed by atoms with Gasteiger partial charge in [-0.05, 0) is 18.3 Å². The predicted molar refractivity (Wildman–Crippen MR) is 41.7 cm³/mol. The molecule has 0 amide bonds. The van der Waals surface area contributed by atoms with E-state index in [-0.39, 0.29) is 18.6 Å². The summed E-state index contributed by atoms with van der Waals surface area (Å²) in [7, 11) is 0. The Kier molecular flexibility index (Phi) is 4.65. The fraction of sp³-hybridized carbons (Fsp3) is 1.00. The third kappa shape index (κ3) is 3.85. The van der Waals surface area contributed by atoms with Gasteiger partial charge in [0.05, 0.1) is 6.10 Å². The fourth-order valence-corrected chi connectivity index (χ4v) is 0.759. The molecule has 0 aliphatic carbocycles. The minimum absolute atomic E-state index is 0.170. The van der Waals surface area contributed by atoms with Crippen molar-refractivity contribution in [2.75, 3.05) is 6.61 Å². The first-order chi connectivity index (χ1) is 4.57. The van der Waals surface area contributed by atoms with Crippen molar-refractivity contribution in [3.8, 4) is 0 Å². The van der Waals surface area contributed by atoms with Crippen molar-refractivity contribution in [3.05, 3.63) is 0 Å². The van der Waals surface area contributed by atoms with Gasteiger partial charge in [-0.2, -0.15) is 0 Å². The van der Waals surface area contributed by atoms with E-state index in [1.54, 1.807) is 0 Å². The second-order valence-electron chi connectivity index (χ2n) is 3.33. The molecule has 0 aliphatic rings. The Hall–Kier alpha value is -0.0800. The van der Waals surface area contributed by atoms with Gasteiger partial charge in [0.2, 0.25) is 0 Å². The molecule has 0 rings (SSSR count). The molecule has 0 saturated heterocycles. The highest BCUT2D eigenvalue weighted by Crippen LogP contribution is 2.11. The standard InChI is InChI=1S/C8H18O2/c1-6(2)8(10)4-7(3)5-9/h6-10H,4-5H2,1-3H3/t7?,8-/m1/s1. The zero-order valence-corrected chi connectivity index (χ0v) is 7.04. The zero-order chi connectivity index (χ0) is 8.15. The third-order valence-corrected chi connectivity index (χ3v) is 1.73. The van der Waals surface area contributed by atoms with E-state index in [0.29, 0.717) is 12.3 Å². The van der Waals surface area contributed by atoms with E-state index in [1.165, 1.54) is 0 Å². The highest BCUT2D eigenvalue weighted by molar-refractivity contribution is 4.63. The van der Waals surface area contributed by atoms with Gasteiger partial charge >= 0.3 is 0 Å². The Morgan fingerprint density at radius 1 is 1.20 bits per heavy atom. The molecule has 2 nitrogen and oxygen atoms in total. The predicted octanol–water partition coefficient (Wildman–Crippen LogP) is 1.02. The van der Waals surface area contributed by atoms with Crippen LogP contribution in [-0.2, 0) is 0 Å². The summed E-state index contributed by atoms with van der Waals surface area (Å²) in [5.41, 5.74) is 0. The van der Waals surface area contributed by atoms with Crippen LogP contribution in [0.25, 0.3) is 0 Å². The molecule has 1 unspecified atom stereocenters. The first-order valence-corrected chi connectivity index (χ1v) is 3.86. The maximum absolute atomic E-state index is 9.32. The van der Waals surface area contributed by atoms with Crippen LogP contribution in [-0.4, -0.2) is 22.9 Å². The molecule has 2 atom stereocenters. The van der Waals surface area contributed by atoms with Crippen molar-refractivity contribution >= 4 is 0 Å². The molecule has 62 valence electrons. The Bertz CT molecular complexity index is 81.3. The van der Waals surface area contributed by atoms with Crippen molar-refractivity contribution in [2.24, 2.45) is 11.8 Å². The molecule has 0 aliphatic heterocycles. The smallest absolute Gasteiger partial charge is 0.0566 e. The summed E-state index contributed by atoms with van der Waals surface area (Å²) >= 11 is 0. The summed E-state index contributed by atoms with van der Waals surface area (Å²) < 4.78 is 0. The molecule has 0 saturated carbocycles. The van der Waals surface area contributed by atoms with Crippen molar-refractivity contribution in [2.45, 2.75) is 33.3 Å². The van der Waals surface area contributed by atoms with Gasteiger partial charge in [0.15, 0.2) is 0 Å². The average Bonchev–Trinajstić information content (AvgIpc) is 1.87. The lowest BCUT2D eigenvalue weighted by Crippen LogP contribution is -2.19. The summed E-state index contributed by atoms with van der Waals surface area (Å²) in [6.07, 6.45) is 0.441. The van der Waals surface area contributed by atoms with Gasteiger partial charge in [-0.15, -0.1) is 0 Å². The van der Waals surface area contributed by atoms with Gasteiger partial charge in [0.25, 0.3) is 0 Å². The van der Waals surface area contributed by atoms with Gasteiger partial charge in [-0.1, -0.05) is 20.8 Å². The van der Waals surface area contributed by atoms with Crippen LogP contribution in [0.15, 0.2) is 0 Å². The topological polar surface area (TPSA) is 40.5 Å². The van der Waals surface area contributed by atoms with Crippen LogP contribution < -0.4 is 0 Å². The second-order valence-corrected chi connectivity index (χ2v) is 3.33. The van der Waals surface area contributed by atoms with Gasteiger partial charge in [0.1, 0.15) is 0 Å². The van der Waals surface area contributed by atoms with E-state index in [4.69, 9.17) is 5.11 Å². The summed E-state index contributed by atoms with van der Waals surface area (Å²) in [5.74, 6) is 0.520. The molecule has 0 heterocycles. The Balaban J connectivity index is 3.46. The van der Waals surface area contributed by atoms with E-state index in [9.17, 15) is 5.11 Å². The van der Waals surface area contributed by atoms with Crippen LogP contribution in [0.1, 0.15) is 27.2 Å². The Morgan fingerprint density at radius 3 is 2.00 bits per heavy atom. The first-order valence-electron chi connectivity index (χ1n) is 3.86. The highest BCUT2D eigenvalue weighted by atomic mass is 16.3. The average molecular weight is 146 g/mol. The number of hydrogen-bond acceptors (Lipinski definition) is 2. The van der Waals surface area contributed by atoms with E-state index in [0.717, 1.165) is 0 Å². The maximum Gasteiger partial charge on any atom is 0.0566 e. The third-order valence-electron chi connectivity index (χ3n) is 1.73. The SMILES string of the molecule is CC(CO)C[C@@H](O)C(C)C. The molecule has 0 spiro atoms. The summed E-state index contributed by atoms with van der Waals surface area (Å²) in [6.45, 7) is 6.07. The molecule has 2 heteroatoms. The van der Waals surface area contributed by atoms with Crippen LogP contribution >= 0.6 is 0 Å². The molecule has 0 radical (unpaired) electrons. The van der Waals surface area contributed by atoms with Crippen molar-refractivity contribution in [1.29, 1.82) is 0 Å². The van der Waals surface area contributed by atoms with E-state index in [1.807, 2.05) is 20.8 Å². The first kappa shape index (κ1) is 9.92. The molecule has 0 fully saturated rings. The molecule has 0 aromatic heterocycles. The number of aliphatic hydroxyl groups excluding tert-OH is 2. The normalized spacial score (nSPS) is 17.4.